The second kappa shape index (κ2) is 5.47. The molecule has 0 saturated carbocycles. The number of rotatable bonds is 3. The van der Waals surface area contributed by atoms with Gasteiger partial charge in [0.2, 0.25) is 0 Å². The fourth-order valence-electron chi connectivity index (χ4n) is 1.37. The van der Waals surface area contributed by atoms with Gasteiger partial charge in [-0.25, -0.2) is 4.39 Å². The normalized spacial score (nSPS) is 10.3. The minimum Gasteiger partial charge on any atom is -0.380 e. The number of aromatic nitrogens is 1. The molecule has 0 saturated heterocycles. The van der Waals surface area contributed by atoms with Gasteiger partial charge in [0, 0.05) is 23.4 Å². The fraction of sp³-hybridized carbons (Fsp3) is 0.0833. The number of halogens is 3. The van der Waals surface area contributed by atoms with Crippen molar-refractivity contribution in [2.75, 3.05) is 5.32 Å². The first kappa shape index (κ1) is 12.3. The molecule has 2 rings (SSSR count). The smallest absolute Gasteiger partial charge is 0.125 e. The van der Waals surface area contributed by atoms with Gasteiger partial charge >= 0.3 is 0 Å². The van der Waals surface area contributed by atoms with Crippen molar-refractivity contribution in [3.8, 4) is 0 Å². The first-order valence-electron chi connectivity index (χ1n) is 4.94. The summed E-state index contributed by atoms with van der Waals surface area (Å²) in [4.78, 5) is 3.90. The molecule has 2 nitrogen and oxygen atoms in total. The predicted molar refractivity (Wildman–Crippen MR) is 70.7 cm³/mol. The average Bonchev–Trinajstić information content (AvgIpc) is 2.32. The maximum atomic E-state index is 13.1. The highest BCUT2D eigenvalue weighted by atomic mass is 79.9. The quantitative estimate of drug-likeness (QED) is 0.916. The van der Waals surface area contributed by atoms with Crippen molar-refractivity contribution in [2.24, 2.45) is 0 Å². The Balaban J connectivity index is 2.12. The predicted octanol–water partition coefficient (Wildman–Crippen LogP) is 4.25. The molecule has 0 fully saturated rings. The van der Waals surface area contributed by atoms with Crippen molar-refractivity contribution in [3.05, 3.63) is 57.5 Å². The van der Waals surface area contributed by atoms with Gasteiger partial charge in [0.05, 0.1) is 10.7 Å². The summed E-state index contributed by atoms with van der Waals surface area (Å²) in [5.41, 5.74) is 1.61. The van der Waals surface area contributed by atoms with E-state index >= 15 is 0 Å². The maximum Gasteiger partial charge on any atom is 0.125 e. The third-order valence-electron chi connectivity index (χ3n) is 2.25. The summed E-state index contributed by atoms with van der Waals surface area (Å²) in [6.45, 7) is 0.517. The first-order valence-corrected chi connectivity index (χ1v) is 6.11. The highest BCUT2D eigenvalue weighted by Crippen LogP contribution is 2.24. The Morgan fingerprint density at radius 3 is 2.94 bits per heavy atom. The molecule has 0 aliphatic rings. The molecule has 1 N–H and O–H groups in total. The topological polar surface area (TPSA) is 24.9 Å². The summed E-state index contributed by atoms with van der Waals surface area (Å²) in [5, 5.41) is 3.70. The van der Waals surface area contributed by atoms with Gasteiger partial charge in [0.15, 0.2) is 0 Å². The summed E-state index contributed by atoms with van der Waals surface area (Å²) >= 11 is 9.32. The van der Waals surface area contributed by atoms with Crippen LogP contribution in [0.25, 0.3) is 0 Å². The number of hydrogen-bond acceptors (Lipinski definition) is 2. The number of benzene rings is 1. The van der Waals surface area contributed by atoms with Gasteiger partial charge in [0.25, 0.3) is 0 Å². The molecule has 0 radical (unpaired) electrons. The lowest BCUT2D eigenvalue weighted by Crippen LogP contribution is -2.01. The van der Waals surface area contributed by atoms with E-state index in [9.17, 15) is 4.39 Å². The van der Waals surface area contributed by atoms with E-state index in [0.717, 1.165) is 10.0 Å². The van der Waals surface area contributed by atoms with Crippen LogP contribution in [0, 0.1) is 5.82 Å². The van der Waals surface area contributed by atoms with Crippen LogP contribution in [-0.2, 0) is 6.54 Å². The molecule has 88 valence electrons. The van der Waals surface area contributed by atoms with Gasteiger partial charge < -0.3 is 5.32 Å². The molecule has 2 aromatic rings. The standard InChI is InChI=1S/C12H9BrClFN2/c13-10-2-1-9(15)5-12(10)17-6-8-3-4-16-7-11(8)14/h1-5,7,17H,6H2. The lowest BCUT2D eigenvalue weighted by atomic mass is 10.2. The Bertz CT molecular complexity index is 534. The minimum atomic E-state index is -0.281. The molecule has 1 aromatic heterocycles. The van der Waals surface area contributed by atoms with Crippen LogP contribution >= 0.6 is 27.5 Å². The van der Waals surface area contributed by atoms with E-state index in [4.69, 9.17) is 11.6 Å². The van der Waals surface area contributed by atoms with Crippen LogP contribution < -0.4 is 5.32 Å². The lowest BCUT2D eigenvalue weighted by molar-refractivity contribution is 0.628. The Morgan fingerprint density at radius 2 is 2.18 bits per heavy atom. The van der Waals surface area contributed by atoms with Crippen molar-refractivity contribution in [2.45, 2.75) is 6.54 Å². The minimum absolute atomic E-state index is 0.281. The van der Waals surface area contributed by atoms with Gasteiger partial charge in [0.1, 0.15) is 5.82 Å². The largest absolute Gasteiger partial charge is 0.380 e. The second-order valence-corrected chi connectivity index (χ2v) is 4.71. The molecule has 1 heterocycles. The van der Waals surface area contributed by atoms with Gasteiger partial charge in [-0.1, -0.05) is 11.6 Å². The van der Waals surface area contributed by atoms with Gasteiger partial charge in [-0.2, -0.15) is 0 Å². The molecule has 0 aliphatic carbocycles. The third-order valence-corrected chi connectivity index (χ3v) is 3.29. The van der Waals surface area contributed by atoms with Crippen LogP contribution in [0.4, 0.5) is 10.1 Å². The van der Waals surface area contributed by atoms with E-state index in [1.54, 1.807) is 18.5 Å². The molecule has 0 spiro atoms. The maximum absolute atomic E-state index is 13.1. The van der Waals surface area contributed by atoms with Crippen LogP contribution in [0.3, 0.4) is 0 Å². The first-order chi connectivity index (χ1) is 8.16. The number of hydrogen-bond donors (Lipinski definition) is 1. The van der Waals surface area contributed by atoms with Crippen molar-refractivity contribution in [1.82, 2.24) is 4.98 Å². The van der Waals surface area contributed by atoms with Crippen molar-refractivity contribution < 1.29 is 4.39 Å². The monoisotopic (exact) mass is 314 g/mol. The zero-order chi connectivity index (χ0) is 12.3. The van der Waals surface area contributed by atoms with Gasteiger partial charge in [-0.15, -0.1) is 0 Å². The SMILES string of the molecule is Fc1ccc(Br)c(NCc2ccncc2Cl)c1. The Hall–Kier alpha value is -1.13. The molecular weight excluding hydrogens is 307 g/mol. The zero-order valence-electron chi connectivity index (χ0n) is 8.75. The molecule has 5 heteroatoms. The average molecular weight is 316 g/mol. The molecule has 17 heavy (non-hydrogen) atoms. The van der Waals surface area contributed by atoms with E-state index < -0.39 is 0 Å². The number of pyridine rings is 1. The Morgan fingerprint density at radius 1 is 1.35 bits per heavy atom. The number of anilines is 1. The third kappa shape index (κ3) is 3.17. The number of nitrogens with zero attached hydrogens (tertiary/aromatic N) is 1. The Labute approximate surface area is 112 Å². The van der Waals surface area contributed by atoms with E-state index in [2.05, 4.69) is 26.2 Å². The molecule has 0 aliphatic heterocycles. The zero-order valence-corrected chi connectivity index (χ0v) is 11.1. The highest BCUT2D eigenvalue weighted by molar-refractivity contribution is 9.10. The second-order valence-electron chi connectivity index (χ2n) is 3.44. The summed E-state index contributed by atoms with van der Waals surface area (Å²) in [6.07, 6.45) is 3.25. The number of nitrogens with one attached hydrogen (secondary N) is 1. The molecule has 0 atom stereocenters. The van der Waals surface area contributed by atoms with E-state index in [-0.39, 0.29) is 5.82 Å². The van der Waals surface area contributed by atoms with Crippen LogP contribution in [0.15, 0.2) is 41.1 Å². The van der Waals surface area contributed by atoms with E-state index in [1.165, 1.54) is 12.1 Å². The van der Waals surface area contributed by atoms with Crippen LogP contribution in [0.1, 0.15) is 5.56 Å². The summed E-state index contributed by atoms with van der Waals surface area (Å²) in [5.74, 6) is -0.281. The molecule has 0 amide bonds. The van der Waals surface area contributed by atoms with Crippen molar-refractivity contribution in [1.29, 1.82) is 0 Å². The van der Waals surface area contributed by atoms with Crippen LogP contribution in [-0.4, -0.2) is 4.98 Å². The molecule has 1 aromatic carbocycles. The van der Waals surface area contributed by atoms with Gasteiger partial charge in [-0.05, 0) is 45.8 Å². The summed E-state index contributed by atoms with van der Waals surface area (Å²) in [7, 11) is 0. The molecule has 0 bridgehead atoms. The van der Waals surface area contributed by atoms with Crippen LogP contribution in [0.5, 0.6) is 0 Å². The molecule has 0 unspecified atom stereocenters. The van der Waals surface area contributed by atoms with Gasteiger partial charge in [-0.3, -0.25) is 4.98 Å². The fourth-order valence-corrected chi connectivity index (χ4v) is 1.94. The highest BCUT2D eigenvalue weighted by Gasteiger charge is 2.03. The van der Waals surface area contributed by atoms with Crippen LogP contribution in [0.2, 0.25) is 5.02 Å². The van der Waals surface area contributed by atoms with E-state index in [1.807, 2.05) is 6.07 Å². The molecular formula is C12H9BrClFN2. The van der Waals surface area contributed by atoms with Crippen molar-refractivity contribution in [3.63, 3.8) is 0 Å². The summed E-state index contributed by atoms with van der Waals surface area (Å²) < 4.78 is 13.9. The lowest BCUT2D eigenvalue weighted by Gasteiger charge is -2.09. The summed E-state index contributed by atoms with van der Waals surface area (Å²) in [6, 6.07) is 6.31. The Kier molecular flexibility index (Phi) is 3.97. The van der Waals surface area contributed by atoms with E-state index in [0.29, 0.717) is 17.3 Å². The van der Waals surface area contributed by atoms with Crippen molar-refractivity contribution >= 4 is 33.2 Å².